The number of nitrogens with zero attached hydrogens (tertiary/aromatic N) is 4. The van der Waals surface area contributed by atoms with Crippen molar-refractivity contribution in [2.24, 2.45) is 0 Å². The summed E-state index contributed by atoms with van der Waals surface area (Å²) in [5.41, 5.74) is 2.66. The molecule has 4 rings (SSSR count). The molecule has 0 bridgehead atoms. The van der Waals surface area contributed by atoms with E-state index in [1.54, 1.807) is 23.1 Å². The van der Waals surface area contributed by atoms with Crippen LogP contribution < -0.4 is 5.32 Å². The molecular formula is C20H16ClN5OS. The number of nitrogens with one attached hydrogen (secondary N) is 1. The van der Waals surface area contributed by atoms with Gasteiger partial charge in [0.1, 0.15) is 5.01 Å². The zero-order valence-electron chi connectivity index (χ0n) is 14.7. The predicted molar refractivity (Wildman–Crippen MR) is 110 cm³/mol. The molecule has 0 spiro atoms. The highest BCUT2D eigenvalue weighted by Gasteiger charge is 2.12. The van der Waals surface area contributed by atoms with Crippen LogP contribution in [0.2, 0.25) is 5.02 Å². The van der Waals surface area contributed by atoms with Crippen LogP contribution in [0.15, 0.2) is 66.4 Å². The Hall–Kier alpha value is -3.03. The van der Waals surface area contributed by atoms with Crippen LogP contribution in [-0.4, -0.2) is 25.7 Å². The van der Waals surface area contributed by atoms with E-state index in [9.17, 15) is 4.79 Å². The molecule has 3 heterocycles. The molecule has 4 aromatic rings. The second-order valence-electron chi connectivity index (χ2n) is 6.10. The summed E-state index contributed by atoms with van der Waals surface area (Å²) in [5, 5.41) is 10.5. The lowest BCUT2D eigenvalue weighted by atomic mass is 10.2. The minimum Gasteiger partial charge on any atom is -0.309 e. The zero-order valence-corrected chi connectivity index (χ0v) is 16.3. The third-order valence-electron chi connectivity index (χ3n) is 4.00. The van der Waals surface area contributed by atoms with Gasteiger partial charge in [-0.25, -0.2) is 4.98 Å². The van der Waals surface area contributed by atoms with E-state index >= 15 is 0 Å². The number of rotatable bonds is 6. The molecule has 1 aromatic carbocycles. The van der Waals surface area contributed by atoms with Crippen LogP contribution >= 0.6 is 22.9 Å². The third-order valence-corrected chi connectivity index (χ3v) is 5.25. The van der Waals surface area contributed by atoms with Crippen LogP contribution in [0.3, 0.4) is 0 Å². The molecule has 6 nitrogen and oxygen atoms in total. The Kier molecular flexibility index (Phi) is 5.45. The van der Waals surface area contributed by atoms with E-state index < -0.39 is 0 Å². The molecule has 3 aromatic heterocycles. The number of carbonyl (C=O) groups excluding carboxylic acids is 1. The van der Waals surface area contributed by atoms with Gasteiger partial charge in [0.15, 0.2) is 5.82 Å². The Balaban J connectivity index is 1.37. The zero-order chi connectivity index (χ0) is 19.3. The SMILES string of the molecule is O=C(Cc1csc(-c2ccccc2Cl)n1)Nc1ccn(Cc2ccncc2)n1. The predicted octanol–water partition coefficient (Wildman–Crippen LogP) is 4.28. The lowest BCUT2D eigenvalue weighted by Crippen LogP contribution is -2.15. The fourth-order valence-corrected chi connectivity index (χ4v) is 3.83. The number of halogens is 1. The molecule has 28 heavy (non-hydrogen) atoms. The maximum Gasteiger partial charge on any atom is 0.231 e. The van der Waals surface area contributed by atoms with Crippen LogP contribution in [0.4, 0.5) is 5.82 Å². The normalized spacial score (nSPS) is 10.8. The number of carbonyl (C=O) groups is 1. The molecule has 0 saturated heterocycles. The number of benzene rings is 1. The first-order chi connectivity index (χ1) is 13.7. The highest BCUT2D eigenvalue weighted by atomic mass is 35.5. The highest BCUT2D eigenvalue weighted by molar-refractivity contribution is 7.13. The van der Waals surface area contributed by atoms with E-state index in [2.05, 4.69) is 20.4 Å². The number of anilines is 1. The number of amides is 1. The van der Waals surface area contributed by atoms with E-state index in [0.717, 1.165) is 16.1 Å². The van der Waals surface area contributed by atoms with Gasteiger partial charge >= 0.3 is 0 Å². The summed E-state index contributed by atoms with van der Waals surface area (Å²) in [5.74, 6) is 0.353. The van der Waals surface area contributed by atoms with Gasteiger partial charge in [0, 0.05) is 35.6 Å². The summed E-state index contributed by atoms with van der Waals surface area (Å²) in [6.45, 7) is 0.617. The molecule has 1 N–H and O–H groups in total. The Morgan fingerprint density at radius 2 is 1.96 bits per heavy atom. The number of aromatic nitrogens is 4. The number of pyridine rings is 1. The first-order valence-corrected chi connectivity index (χ1v) is 9.84. The molecule has 0 radical (unpaired) electrons. The van der Waals surface area contributed by atoms with Crippen LogP contribution in [0, 0.1) is 0 Å². The summed E-state index contributed by atoms with van der Waals surface area (Å²) < 4.78 is 1.77. The second kappa shape index (κ2) is 8.33. The lowest BCUT2D eigenvalue weighted by Gasteiger charge is -2.02. The Morgan fingerprint density at radius 1 is 1.14 bits per heavy atom. The van der Waals surface area contributed by atoms with Gasteiger partial charge in [0.2, 0.25) is 5.91 Å². The number of thiazole rings is 1. The van der Waals surface area contributed by atoms with E-state index in [0.29, 0.717) is 23.1 Å². The topological polar surface area (TPSA) is 72.7 Å². The summed E-state index contributed by atoms with van der Waals surface area (Å²) in [4.78, 5) is 20.9. The maximum absolute atomic E-state index is 12.3. The summed E-state index contributed by atoms with van der Waals surface area (Å²) >= 11 is 7.68. The van der Waals surface area contributed by atoms with E-state index in [1.165, 1.54) is 11.3 Å². The van der Waals surface area contributed by atoms with Crippen molar-refractivity contribution < 1.29 is 4.79 Å². The van der Waals surface area contributed by atoms with Crippen LogP contribution in [-0.2, 0) is 17.8 Å². The van der Waals surface area contributed by atoms with Crippen molar-refractivity contribution in [1.29, 1.82) is 0 Å². The average molecular weight is 410 g/mol. The molecule has 140 valence electrons. The van der Waals surface area contributed by atoms with E-state index in [1.807, 2.05) is 48.0 Å². The molecule has 0 unspecified atom stereocenters. The summed E-state index contributed by atoms with van der Waals surface area (Å²) in [7, 11) is 0. The molecule has 0 atom stereocenters. The van der Waals surface area contributed by atoms with Gasteiger partial charge in [-0.2, -0.15) is 5.10 Å². The Bertz CT molecular complexity index is 1090. The standard InChI is InChI=1S/C20H16ClN5OS/c21-17-4-2-1-3-16(17)20-23-15(13-28-20)11-19(27)24-18-7-10-26(25-18)12-14-5-8-22-9-6-14/h1-10,13H,11-12H2,(H,24,25,27). The van der Waals surface area contributed by atoms with Crippen molar-refractivity contribution in [2.75, 3.05) is 5.32 Å². The molecule has 0 saturated carbocycles. The third kappa shape index (κ3) is 4.44. The lowest BCUT2D eigenvalue weighted by molar-refractivity contribution is -0.115. The van der Waals surface area contributed by atoms with E-state index in [-0.39, 0.29) is 12.3 Å². The molecule has 0 aliphatic heterocycles. The maximum atomic E-state index is 12.3. The van der Waals surface area contributed by atoms with Gasteiger partial charge in [-0.1, -0.05) is 29.8 Å². The van der Waals surface area contributed by atoms with Crippen molar-refractivity contribution >= 4 is 34.7 Å². The quantitative estimate of drug-likeness (QED) is 0.515. The summed E-state index contributed by atoms with van der Waals surface area (Å²) in [6.07, 6.45) is 5.49. The fraction of sp³-hybridized carbons (Fsp3) is 0.100. The van der Waals surface area contributed by atoms with Crippen LogP contribution in [0.5, 0.6) is 0 Å². The Labute approximate surface area is 170 Å². The first-order valence-electron chi connectivity index (χ1n) is 8.59. The van der Waals surface area contributed by atoms with Crippen molar-refractivity contribution in [2.45, 2.75) is 13.0 Å². The van der Waals surface area contributed by atoms with Gasteiger partial charge in [0.25, 0.3) is 0 Å². The van der Waals surface area contributed by atoms with Gasteiger partial charge in [-0.05, 0) is 23.8 Å². The molecule has 8 heteroatoms. The highest BCUT2D eigenvalue weighted by Crippen LogP contribution is 2.30. The van der Waals surface area contributed by atoms with Gasteiger partial charge in [-0.3, -0.25) is 14.5 Å². The van der Waals surface area contributed by atoms with Crippen molar-refractivity contribution in [3.05, 3.63) is 82.7 Å². The van der Waals surface area contributed by atoms with Gasteiger partial charge in [-0.15, -0.1) is 11.3 Å². The summed E-state index contributed by atoms with van der Waals surface area (Å²) in [6, 6.07) is 13.2. The van der Waals surface area contributed by atoms with Crippen molar-refractivity contribution in [3.63, 3.8) is 0 Å². The molecular weight excluding hydrogens is 394 g/mol. The number of hydrogen-bond acceptors (Lipinski definition) is 5. The average Bonchev–Trinajstić information content (AvgIpc) is 3.32. The van der Waals surface area contributed by atoms with Gasteiger partial charge < -0.3 is 5.32 Å². The van der Waals surface area contributed by atoms with E-state index in [4.69, 9.17) is 11.6 Å². The first kappa shape index (κ1) is 18.3. The Morgan fingerprint density at radius 3 is 2.79 bits per heavy atom. The smallest absolute Gasteiger partial charge is 0.231 e. The largest absolute Gasteiger partial charge is 0.309 e. The molecule has 0 aliphatic rings. The minimum absolute atomic E-state index is 0.162. The second-order valence-corrected chi connectivity index (χ2v) is 7.37. The molecule has 0 aliphatic carbocycles. The monoisotopic (exact) mass is 409 g/mol. The van der Waals surface area contributed by atoms with Gasteiger partial charge in [0.05, 0.1) is 23.7 Å². The van der Waals surface area contributed by atoms with Crippen LogP contribution in [0.1, 0.15) is 11.3 Å². The minimum atomic E-state index is -0.162. The van der Waals surface area contributed by atoms with Crippen molar-refractivity contribution in [3.8, 4) is 10.6 Å². The van der Waals surface area contributed by atoms with Crippen LogP contribution in [0.25, 0.3) is 10.6 Å². The number of hydrogen-bond donors (Lipinski definition) is 1. The fourth-order valence-electron chi connectivity index (χ4n) is 2.69. The molecule has 0 fully saturated rings. The molecule has 1 amide bonds. The van der Waals surface area contributed by atoms with Crippen molar-refractivity contribution in [1.82, 2.24) is 19.7 Å².